The van der Waals surface area contributed by atoms with Crippen LogP contribution in [0.1, 0.15) is 50.9 Å². The molecule has 0 spiro atoms. The summed E-state index contributed by atoms with van der Waals surface area (Å²) in [6, 6.07) is 54.2. The van der Waals surface area contributed by atoms with E-state index in [2.05, 4.69) is 19.1 Å². The topological polar surface area (TPSA) is 84.8 Å². The lowest BCUT2D eigenvalue weighted by atomic mass is 9.85. The Kier molecular flexibility index (Phi) is 14.1. The highest BCUT2D eigenvalue weighted by molar-refractivity contribution is 5.39. The highest BCUT2D eigenvalue weighted by atomic mass is 16.7. The Morgan fingerprint density at radius 3 is 1.72 bits per heavy atom. The van der Waals surface area contributed by atoms with Crippen LogP contribution in [0.2, 0.25) is 0 Å². The van der Waals surface area contributed by atoms with Gasteiger partial charge in [0, 0.05) is 12.0 Å². The molecule has 0 aromatic heterocycles. The average molecular weight is 807 g/mol. The van der Waals surface area contributed by atoms with Gasteiger partial charge in [-0.15, -0.1) is 0 Å². The third-order valence-electron chi connectivity index (χ3n) is 11.2. The Labute approximate surface area is 353 Å². The van der Waals surface area contributed by atoms with E-state index in [4.69, 9.17) is 33.2 Å². The predicted octanol–water partition coefficient (Wildman–Crippen LogP) is 9.27. The minimum absolute atomic E-state index is 0.0828. The average Bonchev–Trinajstić information content (AvgIpc) is 3.81. The van der Waals surface area contributed by atoms with Gasteiger partial charge >= 0.3 is 0 Å². The Morgan fingerprint density at radius 1 is 0.600 bits per heavy atom. The normalized spacial score (nSPS) is 22.7. The molecule has 60 heavy (non-hydrogen) atoms. The molecule has 2 heterocycles. The van der Waals surface area contributed by atoms with Crippen LogP contribution in [0, 0.1) is 6.92 Å². The predicted molar refractivity (Wildman–Crippen MR) is 230 cm³/mol. The molecular weight excluding hydrogens is 753 g/mol. The first-order valence-electron chi connectivity index (χ1n) is 20.9. The zero-order valence-electron chi connectivity index (χ0n) is 34.1. The number of benzene rings is 6. The molecule has 6 aromatic carbocycles. The summed E-state index contributed by atoms with van der Waals surface area (Å²) in [7, 11) is 0. The first-order chi connectivity index (χ1) is 29.5. The summed E-state index contributed by atoms with van der Waals surface area (Å²) in [5.74, 6) is -1.14. The van der Waals surface area contributed by atoms with E-state index in [0.29, 0.717) is 31.8 Å². The fraction of sp³-hybridized carbons (Fsp3) is 0.308. The molecule has 8 rings (SSSR count). The SMILES string of the molecule is Cc1ccc(C2(O)O[C@H](COCc3ccccc3)[C@@H](OCc3ccccc3)[C@H](OCc3ccccc3)[C@H]2OCc2ccccc2)cc1Cc1ccc(OC2CCOC2)cc1. The van der Waals surface area contributed by atoms with Crippen LogP contribution in [0.3, 0.4) is 0 Å². The first kappa shape index (κ1) is 41.6. The highest BCUT2D eigenvalue weighted by Gasteiger charge is 2.57. The molecular formula is C52H54O8. The smallest absolute Gasteiger partial charge is 0.222 e. The molecule has 1 N–H and O–H groups in total. The minimum Gasteiger partial charge on any atom is -0.488 e. The summed E-state index contributed by atoms with van der Waals surface area (Å²) < 4.78 is 45.6. The lowest BCUT2D eigenvalue weighted by Crippen LogP contribution is -2.65. The third kappa shape index (κ3) is 10.8. The molecule has 0 aliphatic carbocycles. The Hall–Kier alpha value is -5.16. The number of hydrogen-bond donors (Lipinski definition) is 1. The van der Waals surface area contributed by atoms with Gasteiger partial charge in [-0.3, -0.25) is 0 Å². The van der Waals surface area contributed by atoms with Crippen molar-refractivity contribution < 1.29 is 38.3 Å². The van der Waals surface area contributed by atoms with Crippen LogP contribution >= 0.6 is 0 Å². The molecule has 0 radical (unpaired) electrons. The molecule has 2 unspecified atom stereocenters. The molecule has 2 fully saturated rings. The van der Waals surface area contributed by atoms with Gasteiger partial charge in [-0.25, -0.2) is 0 Å². The summed E-state index contributed by atoms with van der Waals surface area (Å²) in [5.41, 5.74) is 7.78. The van der Waals surface area contributed by atoms with E-state index >= 15 is 0 Å². The molecule has 0 bridgehead atoms. The Balaban J connectivity index is 1.15. The van der Waals surface area contributed by atoms with Gasteiger partial charge in [-0.2, -0.15) is 0 Å². The van der Waals surface area contributed by atoms with E-state index in [0.717, 1.165) is 57.7 Å². The first-order valence-corrected chi connectivity index (χ1v) is 20.9. The van der Waals surface area contributed by atoms with Crippen LogP contribution in [0.15, 0.2) is 164 Å². The van der Waals surface area contributed by atoms with E-state index in [1.807, 2.05) is 152 Å². The molecule has 2 aliphatic rings. The van der Waals surface area contributed by atoms with Crippen molar-refractivity contribution >= 4 is 0 Å². The maximum atomic E-state index is 13.3. The van der Waals surface area contributed by atoms with Crippen molar-refractivity contribution in [3.63, 3.8) is 0 Å². The van der Waals surface area contributed by atoms with Crippen LogP contribution in [0.25, 0.3) is 0 Å². The van der Waals surface area contributed by atoms with Crippen LogP contribution in [0.5, 0.6) is 5.75 Å². The van der Waals surface area contributed by atoms with Crippen molar-refractivity contribution in [1.29, 1.82) is 0 Å². The van der Waals surface area contributed by atoms with Crippen LogP contribution in [-0.4, -0.2) is 55.4 Å². The standard InChI is InChI=1S/C52H54O8/c1-38-22-25-45(31-44(38)30-39-23-26-46(27-24-39)59-47-28-29-54-36-47)52(53)51(58-35-43-20-12-5-13-21-43)50(57-34-42-18-10-4-11-19-42)49(56-33-41-16-8-3-9-17-41)48(60-52)37-55-32-40-14-6-2-7-15-40/h2-27,31,47-51,53H,28-30,32-37H2,1H3/t47?,48-,49-,50+,51-,52?/m1/s1. The Morgan fingerprint density at radius 2 is 1.15 bits per heavy atom. The molecule has 0 amide bonds. The summed E-state index contributed by atoms with van der Waals surface area (Å²) in [6.45, 7) is 4.71. The van der Waals surface area contributed by atoms with Gasteiger partial charge in [0.1, 0.15) is 36.3 Å². The molecule has 6 atom stereocenters. The second-order valence-corrected chi connectivity index (χ2v) is 15.7. The van der Waals surface area contributed by atoms with Gasteiger partial charge in [0.2, 0.25) is 5.79 Å². The maximum absolute atomic E-state index is 13.3. The van der Waals surface area contributed by atoms with Crippen molar-refractivity contribution in [3.8, 4) is 5.75 Å². The number of rotatable bonds is 18. The summed E-state index contributed by atoms with van der Waals surface area (Å²) in [4.78, 5) is 0. The van der Waals surface area contributed by atoms with Crippen molar-refractivity contribution in [2.45, 2.75) is 82.5 Å². The number of ether oxygens (including phenoxy) is 7. The largest absolute Gasteiger partial charge is 0.488 e. The monoisotopic (exact) mass is 806 g/mol. The van der Waals surface area contributed by atoms with Gasteiger partial charge in [-0.05, 0) is 70.5 Å². The van der Waals surface area contributed by atoms with Crippen LogP contribution < -0.4 is 4.74 Å². The zero-order valence-corrected chi connectivity index (χ0v) is 34.1. The summed E-state index contributed by atoms with van der Waals surface area (Å²) >= 11 is 0. The Bertz CT molecular complexity index is 2180. The summed E-state index contributed by atoms with van der Waals surface area (Å²) in [6.07, 6.45) is -1.62. The molecule has 310 valence electrons. The van der Waals surface area contributed by atoms with Gasteiger partial charge in [0.05, 0.1) is 46.2 Å². The van der Waals surface area contributed by atoms with Crippen molar-refractivity contribution in [2.75, 3.05) is 19.8 Å². The van der Waals surface area contributed by atoms with Gasteiger partial charge in [0.25, 0.3) is 0 Å². The lowest BCUT2D eigenvalue weighted by molar-refractivity contribution is -0.378. The second-order valence-electron chi connectivity index (χ2n) is 15.7. The third-order valence-corrected chi connectivity index (χ3v) is 11.2. The van der Waals surface area contributed by atoms with Gasteiger partial charge < -0.3 is 38.3 Å². The summed E-state index contributed by atoms with van der Waals surface area (Å²) in [5, 5.41) is 13.3. The van der Waals surface area contributed by atoms with Crippen molar-refractivity contribution in [3.05, 3.63) is 208 Å². The van der Waals surface area contributed by atoms with E-state index in [1.54, 1.807) is 0 Å². The second kappa shape index (κ2) is 20.4. The highest BCUT2D eigenvalue weighted by Crippen LogP contribution is 2.42. The zero-order chi connectivity index (χ0) is 41.0. The van der Waals surface area contributed by atoms with E-state index in [-0.39, 0.29) is 25.9 Å². The number of aryl methyl sites for hydroxylation is 1. The molecule has 0 saturated carbocycles. The van der Waals surface area contributed by atoms with Gasteiger partial charge in [-0.1, -0.05) is 146 Å². The van der Waals surface area contributed by atoms with Crippen LogP contribution in [-0.2, 0) is 67.1 Å². The van der Waals surface area contributed by atoms with E-state index in [9.17, 15) is 5.11 Å². The molecule has 2 saturated heterocycles. The lowest BCUT2D eigenvalue weighted by Gasteiger charge is -2.50. The molecule has 8 nitrogen and oxygen atoms in total. The van der Waals surface area contributed by atoms with E-state index in [1.165, 1.54) is 0 Å². The number of aliphatic hydroxyl groups is 1. The molecule has 8 heteroatoms. The van der Waals surface area contributed by atoms with Crippen LogP contribution in [0.4, 0.5) is 0 Å². The van der Waals surface area contributed by atoms with E-state index < -0.39 is 30.2 Å². The fourth-order valence-electron chi connectivity index (χ4n) is 7.87. The van der Waals surface area contributed by atoms with Gasteiger partial charge in [0.15, 0.2) is 0 Å². The number of hydrogen-bond acceptors (Lipinski definition) is 8. The van der Waals surface area contributed by atoms with Crippen molar-refractivity contribution in [1.82, 2.24) is 0 Å². The molecule has 2 aliphatic heterocycles. The fourth-order valence-corrected chi connectivity index (χ4v) is 7.87. The quantitative estimate of drug-likeness (QED) is 0.0921. The maximum Gasteiger partial charge on any atom is 0.222 e. The molecule has 6 aromatic rings. The van der Waals surface area contributed by atoms with Crippen molar-refractivity contribution in [2.24, 2.45) is 0 Å². The minimum atomic E-state index is -1.97.